The molecule has 1 heterocycles. The van der Waals surface area contributed by atoms with E-state index in [4.69, 9.17) is 0 Å². The van der Waals surface area contributed by atoms with Gasteiger partial charge in [0.15, 0.2) is 0 Å². The van der Waals surface area contributed by atoms with E-state index in [2.05, 4.69) is 15.4 Å². The number of hydrogen-bond acceptors (Lipinski definition) is 3. The first-order valence-corrected chi connectivity index (χ1v) is 1.58. The summed E-state index contributed by atoms with van der Waals surface area (Å²) < 4.78 is 0. The molecule has 0 aliphatic carbocycles. The molecule has 0 N–H and O–H groups in total. The van der Waals surface area contributed by atoms with Crippen molar-refractivity contribution in [2.45, 2.75) is 0 Å². The Hall–Kier alpha value is -0.471. The molecule has 1 aromatic rings. The summed E-state index contributed by atoms with van der Waals surface area (Å²) in [4.78, 5) is 0. The molecule has 38 valence electrons. The molecule has 0 unspecified atom stereocenters. The summed E-state index contributed by atoms with van der Waals surface area (Å²) in [6.45, 7) is 0. The Balaban J connectivity index is 0.000000360. The fraction of sp³-hybridized carbons (Fsp3) is 0. The predicted molar refractivity (Wildman–Crippen MR) is 28.4 cm³/mol. The van der Waals surface area contributed by atoms with Crippen molar-refractivity contribution in [1.29, 1.82) is 0 Å². The van der Waals surface area contributed by atoms with Gasteiger partial charge in [-0.15, -0.1) is 10.2 Å². The minimum absolute atomic E-state index is 0. The smallest absolute Gasteiger partial charge is 0.0529 e. The molecule has 4 heteroatoms. The molecule has 0 saturated carbocycles. The molecule has 0 bridgehead atoms. The van der Waals surface area contributed by atoms with Gasteiger partial charge in [-0.05, 0) is 11.3 Å². The molecule has 0 aliphatic heterocycles. The maximum atomic E-state index is 3.42. The normalized spacial score (nSPS) is 6.86. The Labute approximate surface area is 51.6 Å². The predicted octanol–water partition coefficient (Wildman–Crippen LogP) is -1.04. The van der Waals surface area contributed by atoms with Crippen LogP contribution in [0.15, 0.2) is 18.5 Å². The second-order valence-corrected chi connectivity index (χ2v) is 0.811. The van der Waals surface area contributed by atoms with Crippen LogP contribution in [-0.4, -0.2) is 32.5 Å². The second-order valence-electron chi connectivity index (χ2n) is 0.811. The average Bonchev–Trinajstić information content (AvgIpc) is 1.72. The third-order valence-electron chi connectivity index (χ3n) is 0.409. The van der Waals surface area contributed by atoms with E-state index in [1.807, 2.05) is 0 Å². The molecule has 0 atom stereocenters. The molecule has 1 aromatic heterocycles. The zero-order valence-corrected chi connectivity index (χ0v) is 5.67. The van der Waals surface area contributed by atoms with E-state index in [1.54, 1.807) is 18.5 Å². The topological polar surface area (TPSA) is 38.7 Å². The van der Waals surface area contributed by atoms with Crippen molar-refractivity contribution in [3.8, 4) is 0 Å². The van der Waals surface area contributed by atoms with Gasteiger partial charge in [0.1, 0.15) is 0 Å². The van der Waals surface area contributed by atoms with Crippen molar-refractivity contribution < 1.29 is 0 Å². The molecule has 7 heavy (non-hydrogen) atoms. The summed E-state index contributed by atoms with van der Waals surface area (Å²) >= 11 is 0. The van der Waals surface area contributed by atoms with Crippen LogP contribution in [0.3, 0.4) is 0 Å². The SMILES string of the molecule is [SeH2].c1cnnnc1. The quantitative estimate of drug-likeness (QED) is 0.457. The summed E-state index contributed by atoms with van der Waals surface area (Å²) in [6.07, 6.45) is 3.15. The van der Waals surface area contributed by atoms with Crippen LogP contribution in [0.5, 0.6) is 0 Å². The van der Waals surface area contributed by atoms with Gasteiger partial charge >= 0.3 is 17.1 Å². The molecule has 0 fully saturated rings. The van der Waals surface area contributed by atoms with E-state index in [9.17, 15) is 0 Å². The first-order valence-electron chi connectivity index (χ1n) is 1.58. The third-order valence-corrected chi connectivity index (χ3v) is 0.409. The first kappa shape index (κ1) is 6.53. The Kier molecular flexibility index (Phi) is 3.46. The van der Waals surface area contributed by atoms with Crippen LogP contribution in [0.25, 0.3) is 0 Å². The monoisotopic (exact) mass is 163 g/mol. The molecule has 0 amide bonds. The molecule has 0 saturated heterocycles. The van der Waals surface area contributed by atoms with Crippen LogP contribution in [0.2, 0.25) is 0 Å². The molecule has 3 nitrogen and oxygen atoms in total. The van der Waals surface area contributed by atoms with Gasteiger partial charge in [-0.3, -0.25) is 0 Å². The Morgan fingerprint density at radius 3 is 1.71 bits per heavy atom. The van der Waals surface area contributed by atoms with Gasteiger partial charge in [0.25, 0.3) is 0 Å². The van der Waals surface area contributed by atoms with Gasteiger partial charge in [0.2, 0.25) is 0 Å². The van der Waals surface area contributed by atoms with E-state index in [-0.39, 0.29) is 17.1 Å². The van der Waals surface area contributed by atoms with E-state index in [1.165, 1.54) is 0 Å². The Morgan fingerprint density at radius 2 is 1.57 bits per heavy atom. The van der Waals surface area contributed by atoms with Crippen molar-refractivity contribution in [2.75, 3.05) is 0 Å². The summed E-state index contributed by atoms with van der Waals surface area (Å²) in [7, 11) is 0. The second kappa shape index (κ2) is 3.71. The maximum Gasteiger partial charge on any atom is 0.0529 e. The first-order chi connectivity index (χ1) is 3.00. The van der Waals surface area contributed by atoms with E-state index in [0.29, 0.717) is 0 Å². The summed E-state index contributed by atoms with van der Waals surface area (Å²) in [5.74, 6) is 0. The van der Waals surface area contributed by atoms with Crippen LogP contribution >= 0.6 is 0 Å². The van der Waals surface area contributed by atoms with E-state index in [0.717, 1.165) is 0 Å². The molecule has 1 rings (SSSR count). The summed E-state index contributed by atoms with van der Waals surface area (Å²) in [5.41, 5.74) is 0. The molecule has 0 radical (unpaired) electrons. The zero-order chi connectivity index (χ0) is 4.24. The largest absolute Gasteiger partial charge is 0.139 e. The summed E-state index contributed by atoms with van der Waals surface area (Å²) in [5, 5.41) is 10.1. The molecule has 0 aliphatic rings. The van der Waals surface area contributed by atoms with Crippen molar-refractivity contribution in [3.05, 3.63) is 18.5 Å². The van der Waals surface area contributed by atoms with Gasteiger partial charge in [-0.25, -0.2) is 0 Å². The minimum Gasteiger partial charge on any atom is -0.139 e. The van der Waals surface area contributed by atoms with Gasteiger partial charge < -0.3 is 0 Å². The maximum absolute atomic E-state index is 3.42. The average molecular weight is 162 g/mol. The third kappa shape index (κ3) is 2.25. The molecule has 0 aromatic carbocycles. The minimum atomic E-state index is 0. The van der Waals surface area contributed by atoms with Crippen molar-refractivity contribution in [1.82, 2.24) is 15.4 Å². The van der Waals surface area contributed by atoms with Crippen LogP contribution in [0.4, 0.5) is 0 Å². The molecule has 0 spiro atoms. The molecular formula is C3H5N3Se. The fourth-order valence-corrected chi connectivity index (χ4v) is 0.205. The van der Waals surface area contributed by atoms with Gasteiger partial charge in [-0.1, -0.05) is 0 Å². The summed E-state index contributed by atoms with van der Waals surface area (Å²) in [6, 6.07) is 1.72. The number of rotatable bonds is 0. The Bertz CT molecular complexity index is 82.1. The van der Waals surface area contributed by atoms with Crippen LogP contribution in [-0.2, 0) is 0 Å². The zero-order valence-electron chi connectivity index (χ0n) is 3.57. The van der Waals surface area contributed by atoms with Crippen LogP contribution in [0, 0.1) is 0 Å². The number of nitrogens with zero attached hydrogens (tertiary/aromatic N) is 3. The van der Waals surface area contributed by atoms with E-state index < -0.39 is 0 Å². The van der Waals surface area contributed by atoms with Crippen LogP contribution in [0.1, 0.15) is 0 Å². The van der Waals surface area contributed by atoms with Gasteiger partial charge in [0.05, 0.1) is 12.4 Å². The van der Waals surface area contributed by atoms with Gasteiger partial charge in [-0.2, -0.15) is 0 Å². The number of hydrogen-bond donors (Lipinski definition) is 0. The van der Waals surface area contributed by atoms with Crippen molar-refractivity contribution >= 4 is 17.1 Å². The van der Waals surface area contributed by atoms with Gasteiger partial charge in [0, 0.05) is 0 Å². The number of aromatic nitrogens is 3. The fourth-order valence-electron chi connectivity index (χ4n) is 0.205. The Morgan fingerprint density at radius 1 is 1.00 bits per heavy atom. The molecular weight excluding hydrogens is 157 g/mol. The van der Waals surface area contributed by atoms with Crippen LogP contribution < -0.4 is 0 Å². The standard InChI is InChI=1S/C3H3N3.H2Se/c1-2-4-6-5-3-1;/h1-3H;1H2. The van der Waals surface area contributed by atoms with E-state index >= 15 is 0 Å². The van der Waals surface area contributed by atoms with Crippen molar-refractivity contribution in [2.24, 2.45) is 0 Å². The van der Waals surface area contributed by atoms with Crippen molar-refractivity contribution in [3.63, 3.8) is 0 Å².